The molecule has 1 saturated heterocycles. The smallest absolute Gasteiger partial charge is 0.175 e. The van der Waals surface area contributed by atoms with Crippen LogP contribution in [0.25, 0.3) is 0 Å². The number of ether oxygens (including phenoxy) is 2. The third kappa shape index (κ3) is 1.07. The molecule has 1 heterocycles. The van der Waals surface area contributed by atoms with Crippen LogP contribution in [0.15, 0.2) is 0 Å². The van der Waals surface area contributed by atoms with E-state index in [9.17, 15) is 0 Å². The second-order valence-electron chi connectivity index (χ2n) is 6.45. The zero-order chi connectivity index (χ0) is 11.6. The fourth-order valence-electron chi connectivity index (χ4n) is 4.22. The van der Waals surface area contributed by atoms with Gasteiger partial charge < -0.3 is 9.47 Å². The lowest BCUT2D eigenvalue weighted by Gasteiger charge is -2.44. The molecule has 3 fully saturated rings. The van der Waals surface area contributed by atoms with Crippen molar-refractivity contribution in [2.24, 2.45) is 16.7 Å². The molecule has 2 nitrogen and oxygen atoms in total. The third-order valence-electron chi connectivity index (χ3n) is 5.82. The van der Waals surface area contributed by atoms with Gasteiger partial charge in [0, 0.05) is 11.8 Å². The first-order valence-corrected chi connectivity index (χ1v) is 6.86. The van der Waals surface area contributed by atoms with Gasteiger partial charge in [-0.2, -0.15) is 0 Å². The van der Waals surface area contributed by atoms with Crippen LogP contribution in [-0.4, -0.2) is 24.4 Å². The Kier molecular flexibility index (Phi) is 2.23. The van der Waals surface area contributed by atoms with E-state index >= 15 is 0 Å². The minimum atomic E-state index is -0.334. The topological polar surface area (TPSA) is 18.5 Å². The second kappa shape index (κ2) is 3.15. The first-order chi connectivity index (χ1) is 7.45. The number of hydrogen-bond acceptors (Lipinski definition) is 2. The Bertz CT molecular complexity index is 317. The summed E-state index contributed by atoms with van der Waals surface area (Å²) in [7, 11) is 0. The van der Waals surface area contributed by atoms with Gasteiger partial charge in [0.05, 0.1) is 18.6 Å². The second-order valence-corrected chi connectivity index (χ2v) is 6.76. The van der Waals surface area contributed by atoms with Gasteiger partial charge in [0.1, 0.15) is 0 Å². The molecule has 1 aliphatic heterocycles. The summed E-state index contributed by atoms with van der Waals surface area (Å²) in [4.78, 5) is 0. The van der Waals surface area contributed by atoms with Gasteiger partial charge in [-0.1, -0.05) is 20.8 Å². The van der Waals surface area contributed by atoms with Crippen molar-refractivity contribution >= 4 is 11.6 Å². The lowest BCUT2D eigenvalue weighted by molar-refractivity contribution is -0.243. The summed E-state index contributed by atoms with van der Waals surface area (Å²) in [6.07, 6.45) is 3.70. The van der Waals surface area contributed by atoms with E-state index < -0.39 is 0 Å². The highest BCUT2D eigenvalue weighted by Gasteiger charge is 2.72. The quantitative estimate of drug-likeness (QED) is 0.660. The monoisotopic (exact) mass is 244 g/mol. The molecular formula is C13H21ClO2. The van der Waals surface area contributed by atoms with Crippen LogP contribution in [-0.2, 0) is 9.47 Å². The van der Waals surface area contributed by atoms with Crippen molar-refractivity contribution in [3.63, 3.8) is 0 Å². The van der Waals surface area contributed by atoms with Gasteiger partial charge >= 0.3 is 0 Å². The predicted octanol–water partition coefficient (Wildman–Crippen LogP) is 3.18. The fourth-order valence-corrected chi connectivity index (χ4v) is 4.37. The van der Waals surface area contributed by atoms with Crippen LogP contribution in [0.2, 0.25) is 0 Å². The van der Waals surface area contributed by atoms with Crippen LogP contribution >= 0.6 is 11.6 Å². The van der Waals surface area contributed by atoms with E-state index in [-0.39, 0.29) is 17.3 Å². The molecule has 0 amide bonds. The highest BCUT2D eigenvalue weighted by atomic mass is 35.5. The van der Waals surface area contributed by atoms with Crippen molar-refractivity contribution in [2.45, 2.75) is 51.9 Å². The molecule has 0 aromatic rings. The summed E-state index contributed by atoms with van der Waals surface area (Å²) < 4.78 is 12.2. The molecule has 2 aliphatic carbocycles. The van der Waals surface area contributed by atoms with Gasteiger partial charge in [0.15, 0.2) is 5.79 Å². The number of rotatable bonds is 1. The van der Waals surface area contributed by atoms with E-state index in [4.69, 9.17) is 21.1 Å². The van der Waals surface area contributed by atoms with Crippen molar-refractivity contribution in [3.8, 4) is 0 Å². The Labute approximate surface area is 103 Å². The maximum atomic E-state index is 6.18. The predicted molar refractivity (Wildman–Crippen MR) is 63.5 cm³/mol. The van der Waals surface area contributed by atoms with E-state index in [2.05, 4.69) is 20.8 Å². The zero-order valence-corrected chi connectivity index (χ0v) is 11.1. The molecule has 3 heteroatoms. The maximum absolute atomic E-state index is 6.18. The minimum absolute atomic E-state index is 0.0913. The lowest BCUT2D eigenvalue weighted by Crippen LogP contribution is -2.48. The van der Waals surface area contributed by atoms with E-state index in [1.54, 1.807) is 0 Å². The molecule has 1 spiro atoms. The SMILES string of the molecule is CC1(C)[C@@H]2CC[C@]1(C)[C@@]1(C2)OC[C@H](CCl)O1. The third-order valence-corrected chi connectivity index (χ3v) is 6.17. The molecule has 0 aromatic heterocycles. The van der Waals surface area contributed by atoms with Gasteiger partial charge in [-0.25, -0.2) is 0 Å². The molecule has 0 unspecified atom stereocenters. The highest BCUT2D eigenvalue weighted by Crippen LogP contribution is 2.72. The van der Waals surface area contributed by atoms with Crippen molar-refractivity contribution in [1.29, 1.82) is 0 Å². The van der Waals surface area contributed by atoms with Gasteiger partial charge in [0.25, 0.3) is 0 Å². The Morgan fingerprint density at radius 3 is 2.50 bits per heavy atom. The summed E-state index contributed by atoms with van der Waals surface area (Å²) in [6.45, 7) is 7.76. The summed E-state index contributed by atoms with van der Waals surface area (Å²) in [5, 5.41) is 0. The van der Waals surface area contributed by atoms with E-state index in [0.717, 1.165) is 12.3 Å². The Hall–Kier alpha value is 0.210. The van der Waals surface area contributed by atoms with Crippen LogP contribution in [0.4, 0.5) is 0 Å². The summed E-state index contributed by atoms with van der Waals surface area (Å²) in [5.74, 6) is 0.952. The van der Waals surface area contributed by atoms with Gasteiger partial charge in [-0.3, -0.25) is 0 Å². The van der Waals surface area contributed by atoms with E-state index in [0.29, 0.717) is 17.9 Å². The van der Waals surface area contributed by atoms with E-state index in [1.807, 2.05) is 0 Å². The molecule has 2 bridgehead atoms. The molecule has 92 valence electrons. The largest absolute Gasteiger partial charge is 0.347 e. The molecule has 0 N–H and O–H groups in total. The first-order valence-electron chi connectivity index (χ1n) is 6.33. The number of alkyl halides is 1. The molecule has 0 aromatic carbocycles. The first kappa shape index (κ1) is 11.3. The van der Waals surface area contributed by atoms with Crippen molar-refractivity contribution in [3.05, 3.63) is 0 Å². The van der Waals surface area contributed by atoms with Crippen LogP contribution in [0.1, 0.15) is 40.0 Å². The van der Waals surface area contributed by atoms with E-state index in [1.165, 1.54) is 12.8 Å². The summed E-state index contributed by atoms with van der Waals surface area (Å²) in [6, 6.07) is 0. The normalized spacial score (nSPS) is 54.0. The van der Waals surface area contributed by atoms with Crippen LogP contribution in [0, 0.1) is 16.7 Å². The maximum Gasteiger partial charge on any atom is 0.175 e. The van der Waals surface area contributed by atoms with Crippen LogP contribution in [0.3, 0.4) is 0 Å². The Morgan fingerprint density at radius 1 is 1.31 bits per heavy atom. The van der Waals surface area contributed by atoms with Crippen molar-refractivity contribution in [2.75, 3.05) is 12.5 Å². The molecule has 2 saturated carbocycles. The number of hydrogen-bond donors (Lipinski definition) is 0. The van der Waals surface area contributed by atoms with Gasteiger partial charge in [0.2, 0.25) is 0 Å². The van der Waals surface area contributed by atoms with Crippen LogP contribution < -0.4 is 0 Å². The molecule has 3 aliphatic rings. The Balaban J connectivity index is 1.95. The average Bonchev–Trinajstić information content (AvgIpc) is 2.79. The van der Waals surface area contributed by atoms with Crippen molar-refractivity contribution in [1.82, 2.24) is 0 Å². The van der Waals surface area contributed by atoms with Crippen molar-refractivity contribution < 1.29 is 9.47 Å². The number of fused-ring (bicyclic) bond motifs is 3. The van der Waals surface area contributed by atoms with Gasteiger partial charge in [-0.05, 0) is 24.2 Å². The molecule has 4 atom stereocenters. The standard InChI is InChI=1S/C13H21ClO2/c1-11(2)9-4-5-12(11,3)13(6-9)15-8-10(7-14)16-13/h9-10H,4-8H2,1-3H3/t9-,10+,12+,13+/m1/s1. The molecule has 16 heavy (non-hydrogen) atoms. The van der Waals surface area contributed by atoms with Crippen LogP contribution in [0.5, 0.6) is 0 Å². The average molecular weight is 245 g/mol. The fraction of sp³-hybridized carbons (Fsp3) is 1.00. The zero-order valence-electron chi connectivity index (χ0n) is 10.4. The molecule has 0 radical (unpaired) electrons. The lowest BCUT2D eigenvalue weighted by atomic mass is 9.68. The molecule has 3 rings (SSSR count). The summed E-state index contributed by atoms with van der Waals surface area (Å²) >= 11 is 5.88. The highest BCUT2D eigenvalue weighted by molar-refractivity contribution is 6.18. The Morgan fingerprint density at radius 2 is 2.06 bits per heavy atom. The minimum Gasteiger partial charge on any atom is -0.347 e. The number of halogens is 1. The van der Waals surface area contributed by atoms with Gasteiger partial charge in [-0.15, -0.1) is 11.6 Å². The summed E-state index contributed by atoms with van der Waals surface area (Å²) in [5.41, 5.74) is 0.486. The molecular weight excluding hydrogens is 224 g/mol.